The molecule has 0 aliphatic heterocycles. The second-order valence-electron chi connectivity index (χ2n) is 5.63. The average Bonchev–Trinajstić information content (AvgIpc) is 3.07. The van der Waals surface area contributed by atoms with Crippen LogP contribution in [0.5, 0.6) is 0 Å². The van der Waals surface area contributed by atoms with E-state index in [-0.39, 0.29) is 5.91 Å². The molecule has 122 valence electrons. The van der Waals surface area contributed by atoms with Crippen LogP contribution in [0.15, 0.2) is 79.1 Å². The second-order valence-corrected chi connectivity index (χ2v) is 6.07. The van der Waals surface area contributed by atoms with Crippen molar-refractivity contribution in [2.75, 3.05) is 5.32 Å². The third kappa shape index (κ3) is 3.25. The van der Waals surface area contributed by atoms with Crippen molar-refractivity contribution in [1.82, 2.24) is 9.38 Å². The Morgan fingerprint density at radius 2 is 1.84 bits per heavy atom. The number of nitrogens with zero attached hydrogens (tertiary/aromatic N) is 2. The van der Waals surface area contributed by atoms with Crippen LogP contribution in [0, 0.1) is 0 Å². The average molecular weight is 348 g/mol. The molecule has 1 amide bonds. The molecule has 4 nitrogen and oxygen atoms in total. The molecule has 5 heteroatoms. The lowest BCUT2D eigenvalue weighted by Crippen LogP contribution is -2.11. The summed E-state index contributed by atoms with van der Waals surface area (Å²) in [6.07, 6.45) is 3.92. The third-order valence-electron chi connectivity index (χ3n) is 3.89. The van der Waals surface area contributed by atoms with Crippen LogP contribution in [-0.2, 0) is 0 Å². The van der Waals surface area contributed by atoms with Crippen molar-refractivity contribution in [3.05, 3.63) is 89.7 Å². The Hall–Kier alpha value is -3.11. The molecule has 0 bridgehead atoms. The normalized spacial score (nSPS) is 10.8. The Kier molecular flexibility index (Phi) is 3.96. The molecule has 0 fully saturated rings. The van der Waals surface area contributed by atoms with E-state index in [1.165, 1.54) is 0 Å². The molecule has 0 saturated carbocycles. The SMILES string of the molecule is O=C(Nc1cccc(-c2cn3ccccc3n2)c1)c1ccc(Cl)cc1. The largest absolute Gasteiger partial charge is 0.322 e. The van der Waals surface area contributed by atoms with Crippen molar-refractivity contribution in [2.24, 2.45) is 0 Å². The number of halogens is 1. The van der Waals surface area contributed by atoms with Crippen molar-refractivity contribution >= 4 is 28.8 Å². The lowest BCUT2D eigenvalue weighted by Gasteiger charge is -2.07. The number of carbonyl (C=O) groups is 1. The topological polar surface area (TPSA) is 46.4 Å². The first kappa shape index (κ1) is 15.4. The number of benzene rings is 2. The van der Waals surface area contributed by atoms with Gasteiger partial charge in [0, 0.05) is 34.2 Å². The smallest absolute Gasteiger partial charge is 0.255 e. The third-order valence-corrected chi connectivity index (χ3v) is 4.14. The van der Waals surface area contributed by atoms with Gasteiger partial charge in [0.15, 0.2) is 0 Å². The standard InChI is InChI=1S/C20H14ClN3O/c21-16-9-7-14(8-10-16)20(25)22-17-5-3-4-15(12-17)18-13-24-11-2-1-6-19(24)23-18/h1-13H,(H,22,25). The van der Waals surface area contributed by atoms with E-state index in [9.17, 15) is 4.79 Å². The predicted molar refractivity (Wildman–Crippen MR) is 100 cm³/mol. The fraction of sp³-hybridized carbons (Fsp3) is 0. The number of rotatable bonds is 3. The maximum atomic E-state index is 12.3. The predicted octanol–water partition coefficient (Wildman–Crippen LogP) is 4.91. The Bertz CT molecular complexity index is 1020. The van der Waals surface area contributed by atoms with Crippen LogP contribution in [0.4, 0.5) is 5.69 Å². The summed E-state index contributed by atoms with van der Waals surface area (Å²) >= 11 is 5.86. The van der Waals surface area contributed by atoms with Crippen LogP contribution >= 0.6 is 11.6 Å². The summed E-state index contributed by atoms with van der Waals surface area (Å²) in [5, 5.41) is 3.51. The maximum absolute atomic E-state index is 12.3. The van der Waals surface area contributed by atoms with E-state index in [4.69, 9.17) is 11.6 Å². The van der Waals surface area contributed by atoms with Crippen LogP contribution in [0.3, 0.4) is 0 Å². The minimum absolute atomic E-state index is 0.177. The number of hydrogen-bond acceptors (Lipinski definition) is 2. The van der Waals surface area contributed by atoms with Gasteiger partial charge >= 0.3 is 0 Å². The molecule has 0 aliphatic carbocycles. The van der Waals surface area contributed by atoms with Crippen LogP contribution < -0.4 is 5.32 Å². The summed E-state index contributed by atoms with van der Waals surface area (Å²) in [4.78, 5) is 16.9. The first-order chi connectivity index (χ1) is 12.2. The number of imidazole rings is 1. The minimum Gasteiger partial charge on any atom is -0.322 e. The highest BCUT2D eigenvalue weighted by Crippen LogP contribution is 2.23. The van der Waals surface area contributed by atoms with Gasteiger partial charge in [-0.3, -0.25) is 4.79 Å². The molecule has 0 atom stereocenters. The van der Waals surface area contributed by atoms with Crippen molar-refractivity contribution < 1.29 is 4.79 Å². The Morgan fingerprint density at radius 1 is 1.00 bits per heavy atom. The monoisotopic (exact) mass is 347 g/mol. The molecule has 0 saturated heterocycles. The van der Waals surface area contributed by atoms with Crippen LogP contribution in [-0.4, -0.2) is 15.3 Å². The molecule has 2 heterocycles. The van der Waals surface area contributed by atoms with E-state index >= 15 is 0 Å². The highest BCUT2D eigenvalue weighted by molar-refractivity contribution is 6.30. The number of nitrogens with one attached hydrogen (secondary N) is 1. The Balaban J connectivity index is 1.60. The van der Waals surface area contributed by atoms with Gasteiger partial charge < -0.3 is 9.72 Å². The van der Waals surface area contributed by atoms with Gasteiger partial charge in [0.2, 0.25) is 0 Å². The zero-order valence-corrected chi connectivity index (χ0v) is 13.9. The van der Waals surface area contributed by atoms with Crippen LogP contribution in [0.1, 0.15) is 10.4 Å². The molecule has 4 rings (SSSR count). The zero-order valence-electron chi connectivity index (χ0n) is 13.2. The molecule has 1 N–H and O–H groups in total. The van der Waals surface area contributed by atoms with Crippen molar-refractivity contribution in [3.8, 4) is 11.3 Å². The maximum Gasteiger partial charge on any atom is 0.255 e. The van der Waals surface area contributed by atoms with E-state index < -0.39 is 0 Å². The lowest BCUT2D eigenvalue weighted by atomic mass is 10.1. The van der Waals surface area contributed by atoms with Gasteiger partial charge in [-0.25, -0.2) is 4.98 Å². The summed E-state index contributed by atoms with van der Waals surface area (Å²) in [5.74, 6) is -0.177. The van der Waals surface area contributed by atoms with Gasteiger partial charge in [0.25, 0.3) is 5.91 Å². The van der Waals surface area contributed by atoms with Gasteiger partial charge in [-0.15, -0.1) is 0 Å². The van der Waals surface area contributed by atoms with Crippen molar-refractivity contribution in [3.63, 3.8) is 0 Å². The minimum atomic E-state index is -0.177. The number of fused-ring (bicyclic) bond motifs is 1. The van der Waals surface area contributed by atoms with E-state index in [1.807, 2.05) is 59.3 Å². The highest BCUT2D eigenvalue weighted by Gasteiger charge is 2.08. The van der Waals surface area contributed by atoms with Gasteiger partial charge in [-0.2, -0.15) is 0 Å². The number of aromatic nitrogens is 2. The van der Waals surface area contributed by atoms with Gasteiger partial charge in [-0.1, -0.05) is 29.8 Å². The van der Waals surface area contributed by atoms with E-state index in [1.54, 1.807) is 24.3 Å². The molecule has 0 radical (unpaired) electrons. The second kappa shape index (κ2) is 6.42. The van der Waals surface area contributed by atoms with Crippen molar-refractivity contribution in [1.29, 1.82) is 0 Å². The van der Waals surface area contributed by atoms with Crippen molar-refractivity contribution in [2.45, 2.75) is 0 Å². The Morgan fingerprint density at radius 3 is 2.64 bits per heavy atom. The molecule has 2 aromatic carbocycles. The summed E-state index contributed by atoms with van der Waals surface area (Å²) < 4.78 is 1.97. The molecular weight excluding hydrogens is 334 g/mol. The molecule has 25 heavy (non-hydrogen) atoms. The first-order valence-electron chi connectivity index (χ1n) is 7.80. The zero-order chi connectivity index (χ0) is 17.2. The molecule has 0 spiro atoms. The molecule has 2 aromatic heterocycles. The molecule has 4 aromatic rings. The molecule has 0 aliphatic rings. The van der Waals surface area contributed by atoms with Crippen LogP contribution in [0.25, 0.3) is 16.9 Å². The summed E-state index contributed by atoms with van der Waals surface area (Å²) in [5.41, 5.74) is 3.96. The van der Waals surface area contributed by atoms with Crippen LogP contribution in [0.2, 0.25) is 5.02 Å². The fourth-order valence-electron chi connectivity index (χ4n) is 2.63. The number of anilines is 1. The Labute approximate surface area is 149 Å². The molecule has 0 unspecified atom stereocenters. The van der Waals surface area contributed by atoms with E-state index in [0.29, 0.717) is 10.6 Å². The van der Waals surface area contributed by atoms with Gasteiger partial charge in [0.05, 0.1) is 5.69 Å². The van der Waals surface area contributed by atoms with Gasteiger partial charge in [0.1, 0.15) is 5.65 Å². The lowest BCUT2D eigenvalue weighted by molar-refractivity contribution is 0.102. The fourth-order valence-corrected chi connectivity index (χ4v) is 2.76. The highest BCUT2D eigenvalue weighted by atomic mass is 35.5. The summed E-state index contributed by atoms with van der Waals surface area (Å²) in [6.45, 7) is 0. The van der Waals surface area contributed by atoms with E-state index in [0.717, 1.165) is 22.6 Å². The van der Waals surface area contributed by atoms with Gasteiger partial charge in [-0.05, 0) is 48.5 Å². The number of carbonyl (C=O) groups excluding carboxylic acids is 1. The number of pyridine rings is 1. The van der Waals surface area contributed by atoms with E-state index in [2.05, 4.69) is 10.3 Å². The number of amides is 1. The number of hydrogen-bond donors (Lipinski definition) is 1. The summed E-state index contributed by atoms with van der Waals surface area (Å²) in [6, 6.07) is 20.3. The summed E-state index contributed by atoms with van der Waals surface area (Å²) in [7, 11) is 0. The first-order valence-corrected chi connectivity index (χ1v) is 8.18. The quantitative estimate of drug-likeness (QED) is 0.572. The molecular formula is C20H14ClN3O.